The Bertz CT molecular complexity index is 910. The van der Waals surface area contributed by atoms with Crippen LogP contribution in [0.5, 0.6) is 5.88 Å². The third-order valence-corrected chi connectivity index (χ3v) is 6.79. The topological polar surface area (TPSA) is 73.8 Å². The summed E-state index contributed by atoms with van der Waals surface area (Å²) in [5, 5.41) is 3.96. The number of carbonyl (C=O) groups excluding carboxylic acids is 1. The van der Waals surface area contributed by atoms with Crippen molar-refractivity contribution in [1.82, 2.24) is 25.1 Å². The van der Waals surface area contributed by atoms with Crippen LogP contribution >= 0.6 is 0 Å². The molecule has 1 aromatic carbocycles. The van der Waals surface area contributed by atoms with Gasteiger partial charge in [-0.05, 0) is 37.5 Å². The van der Waals surface area contributed by atoms with Crippen molar-refractivity contribution in [2.24, 2.45) is 0 Å². The van der Waals surface area contributed by atoms with E-state index < -0.39 is 0 Å². The second-order valence-corrected chi connectivity index (χ2v) is 8.82. The number of aromatic nitrogens is 2. The van der Waals surface area contributed by atoms with E-state index in [2.05, 4.69) is 48.2 Å². The lowest BCUT2D eigenvalue weighted by atomic mass is 9.96. The van der Waals surface area contributed by atoms with Crippen LogP contribution in [0.4, 0.5) is 5.69 Å². The number of anilines is 1. The van der Waals surface area contributed by atoms with Crippen molar-refractivity contribution in [1.29, 1.82) is 0 Å². The molecule has 3 fully saturated rings. The number of benzene rings is 1. The number of rotatable bonds is 6. The van der Waals surface area contributed by atoms with Crippen molar-refractivity contribution >= 4 is 22.5 Å². The van der Waals surface area contributed by atoms with Gasteiger partial charge in [-0.2, -0.15) is 0 Å². The zero-order chi connectivity index (χ0) is 21.0. The van der Waals surface area contributed by atoms with E-state index >= 15 is 0 Å². The fourth-order valence-electron chi connectivity index (χ4n) is 4.51. The Kier molecular flexibility index (Phi) is 6.18. The summed E-state index contributed by atoms with van der Waals surface area (Å²) in [6.07, 6.45) is 6.02. The lowest BCUT2D eigenvalue weighted by molar-refractivity contribution is -0.120. The average Bonchev–Trinajstić information content (AvgIpc) is 2.99. The van der Waals surface area contributed by atoms with E-state index in [0.717, 1.165) is 88.5 Å². The minimum absolute atomic E-state index is 0.179. The number of nitrogens with zero attached hydrogens (tertiary/aromatic N) is 5. The predicted octanol–water partition coefficient (Wildman–Crippen LogP) is 1.51. The molecule has 0 bridgehead atoms. The first-order chi connectivity index (χ1) is 15.2. The SMILES string of the molecule is O=C1CCN(CCN2CCN(c3ccc4ncnc(OC5CCC5)c4c3)CC2)CCN1. The number of ether oxygens (including phenoxy) is 1. The maximum Gasteiger partial charge on any atom is 0.224 e. The summed E-state index contributed by atoms with van der Waals surface area (Å²) in [6, 6.07) is 6.45. The molecule has 2 aromatic rings. The second-order valence-electron chi connectivity index (χ2n) is 8.82. The van der Waals surface area contributed by atoms with Crippen LogP contribution in [0.25, 0.3) is 10.9 Å². The van der Waals surface area contributed by atoms with Crippen molar-refractivity contribution in [2.45, 2.75) is 31.8 Å². The molecule has 1 aromatic heterocycles. The number of nitrogens with one attached hydrogen (secondary N) is 1. The maximum atomic E-state index is 11.5. The van der Waals surface area contributed by atoms with Crippen LogP contribution in [0.15, 0.2) is 24.5 Å². The van der Waals surface area contributed by atoms with Crippen LogP contribution in [0.2, 0.25) is 0 Å². The van der Waals surface area contributed by atoms with Gasteiger partial charge in [0.2, 0.25) is 11.8 Å². The second kappa shape index (κ2) is 9.36. The van der Waals surface area contributed by atoms with E-state index in [1.54, 1.807) is 6.33 Å². The normalized spacial score (nSPS) is 21.5. The van der Waals surface area contributed by atoms with Crippen LogP contribution in [0, 0.1) is 0 Å². The predicted molar refractivity (Wildman–Crippen MR) is 121 cm³/mol. The molecule has 0 atom stereocenters. The van der Waals surface area contributed by atoms with E-state index in [1.807, 2.05) is 0 Å². The number of hydrogen-bond donors (Lipinski definition) is 1. The van der Waals surface area contributed by atoms with E-state index in [4.69, 9.17) is 4.74 Å². The summed E-state index contributed by atoms with van der Waals surface area (Å²) in [5.74, 6) is 0.902. The van der Waals surface area contributed by atoms with Gasteiger partial charge in [-0.25, -0.2) is 9.97 Å². The molecule has 8 nitrogen and oxygen atoms in total. The highest BCUT2D eigenvalue weighted by Crippen LogP contribution is 2.31. The Morgan fingerprint density at radius 2 is 1.81 bits per heavy atom. The van der Waals surface area contributed by atoms with Crippen LogP contribution in [-0.2, 0) is 4.79 Å². The molecular formula is C23H32N6O2. The molecule has 1 N–H and O–H groups in total. The number of piperazine rings is 1. The van der Waals surface area contributed by atoms with E-state index in [9.17, 15) is 4.79 Å². The zero-order valence-corrected chi connectivity index (χ0v) is 18.1. The third-order valence-electron chi connectivity index (χ3n) is 6.79. The van der Waals surface area contributed by atoms with Gasteiger partial charge in [-0.1, -0.05) is 0 Å². The summed E-state index contributed by atoms with van der Waals surface area (Å²) in [5.41, 5.74) is 2.16. The molecule has 1 aliphatic carbocycles. The highest BCUT2D eigenvalue weighted by atomic mass is 16.5. The molecule has 3 aliphatic rings. The Morgan fingerprint density at radius 1 is 1.00 bits per heavy atom. The zero-order valence-electron chi connectivity index (χ0n) is 18.1. The number of fused-ring (bicyclic) bond motifs is 1. The molecule has 31 heavy (non-hydrogen) atoms. The molecule has 0 unspecified atom stereocenters. The first-order valence-corrected chi connectivity index (χ1v) is 11.6. The van der Waals surface area contributed by atoms with Crippen molar-refractivity contribution in [3.05, 3.63) is 24.5 Å². The summed E-state index contributed by atoms with van der Waals surface area (Å²) in [6.45, 7) is 8.82. The highest BCUT2D eigenvalue weighted by molar-refractivity contribution is 5.86. The number of hydrogen-bond acceptors (Lipinski definition) is 7. The van der Waals surface area contributed by atoms with Crippen molar-refractivity contribution in [2.75, 3.05) is 63.8 Å². The van der Waals surface area contributed by atoms with Gasteiger partial charge < -0.3 is 15.0 Å². The lowest BCUT2D eigenvalue weighted by Gasteiger charge is -2.37. The molecule has 0 spiro atoms. The minimum atomic E-state index is 0.179. The van der Waals surface area contributed by atoms with Crippen molar-refractivity contribution in [3.63, 3.8) is 0 Å². The molecule has 1 amide bonds. The number of carbonyl (C=O) groups is 1. The largest absolute Gasteiger partial charge is 0.474 e. The molecule has 3 heterocycles. The van der Waals surface area contributed by atoms with Crippen LogP contribution < -0.4 is 15.0 Å². The Balaban J connectivity index is 1.17. The smallest absolute Gasteiger partial charge is 0.224 e. The van der Waals surface area contributed by atoms with Gasteiger partial charge in [-0.15, -0.1) is 0 Å². The Labute approximate surface area is 183 Å². The first kappa shape index (κ1) is 20.5. The summed E-state index contributed by atoms with van der Waals surface area (Å²) in [4.78, 5) is 27.7. The fraction of sp³-hybridized carbons (Fsp3) is 0.609. The van der Waals surface area contributed by atoms with Crippen molar-refractivity contribution in [3.8, 4) is 5.88 Å². The average molecular weight is 425 g/mol. The molecule has 8 heteroatoms. The van der Waals surface area contributed by atoms with E-state index in [-0.39, 0.29) is 5.91 Å². The maximum absolute atomic E-state index is 11.5. The summed E-state index contributed by atoms with van der Waals surface area (Å²) >= 11 is 0. The van der Waals surface area contributed by atoms with Crippen LogP contribution in [-0.4, -0.2) is 90.7 Å². The molecule has 2 saturated heterocycles. The first-order valence-electron chi connectivity index (χ1n) is 11.6. The molecule has 0 radical (unpaired) electrons. The molecule has 166 valence electrons. The van der Waals surface area contributed by atoms with Crippen LogP contribution in [0.1, 0.15) is 25.7 Å². The van der Waals surface area contributed by atoms with E-state index in [1.165, 1.54) is 12.1 Å². The molecule has 5 rings (SSSR count). The third kappa shape index (κ3) is 4.91. The Morgan fingerprint density at radius 3 is 2.58 bits per heavy atom. The standard InChI is InChI=1S/C23H32N6O2/c30-22-6-8-27(9-7-24-22)10-11-28-12-14-29(15-13-28)18-4-5-21-20(16-18)23(26-17-25-21)31-19-2-1-3-19/h4-5,16-17,19H,1-3,6-15H2,(H,24,30). The van der Waals surface area contributed by atoms with Gasteiger partial charge in [0.05, 0.1) is 10.9 Å². The molecule has 1 saturated carbocycles. The summed E-state index contributed by atoms with van der Waals surface area (Å²) in [7, 11) is 0. The monoisotopic (exact) mass is 424 g/mol. The van der Waals surface area contributed by atoms with Crippen LogP contribution in [0.3, 0.4) is 0 Å². The quantitative estimate of drug-likeness (QED) is 0.753. The van der Waals surface area contributed by atoms with Gasteiger partial charge in [0, 0.05) is 71.0 Å². The molecule has 2 aliphatic heterocycles. The van der Waals surface area contributed by atoms with Crippen molar-refractivity contribution < 1.29 is 9.53 Å². The van der Waals surface area contributed by atoms with Gasteiger partial charge >= 0.3 is 0 Å². The Hall–Kier alpha value is -2.45. The number of amides is 1. The van der Waals surface area contributed by atoms with Gasteiger partial charge in [0.15, 0.2) is 0 Å². The van der Waals surface area contributed by atoms with Gasteiger partial charge in [-0.3, -0.25) is 14.6 Å². The highest BCUT2D eigenvalue weighted by Gasteiger charge is 2.22. The molecular weight excluding hydrogens is 392 g/mol. The lowest BCUT2D eigenvalue weighted by Crippen LogP contribution is -2.48. The summed E-state index contributed by atoms with van der Waals surface area (Å²) < 4.78 is 6.12. The van der Waals surface area contributed by atoms with Gasteiger partial charge in [0.1, 0.15) is 12.4 Å². The minimum Gasteiger partial charge on any atom is -0.474 e. The van der Waals surface area contributed by atoms with Gasteiger partial charge in [0.25, 0.3) is 0 Å². The van der Waals surface area contributed by atoms with E-state index in [0.29, 0.717) is 12.5 Å². The fourth-order valence-corrected chi connectivity index (χ4v) is 4.51.